The number of fused-ring (bicyclic) bond motifs is 1. The molecule has 0 aliphatic rings. The van der Waals surface area contributed by atoms with Gasteiger partial charge in [-0.1, -0.05) is 22.9 Å². The van der Waals surface area contributed by atoms with Crippen LogP contribution >= 0.6 is 22.9 Å². The van der Waals surface area contributed by atoms with Crippen molar-refractivity contribution in [3.63, 3.8) is 0 Å². The Morgan fingerprint density at radius 1 is 1.07 bits per heavy atom. The summed E-state index contributed by atoms with van der Waals surface area (Å²) in [5.74, 6) is -0.616. The molecule has 146 valence electrons. The minimum atomic E-state index is -0.438. The Kier molecular flexibility index (Phi) is 6.28. The van der Waals surface area contributed by atoms with Gasteiger partial charge in [-0.2, -0.15) is 0 Å². The Morgan fingerprint density at radius 3 is 2.39 bits per heavy atom. The van der Waals surface area contributed by atoms with Gasteiger partial charge in [-0.25, -0.2) is 9.78 Å². The van der Waals surface area contributed by atoms with E-state index in [9.17, 15) is 9.59 Å². The van der Waals surface area contributed by atoms with E-state index >= 15 is 0 Å². The second-order valence-electron chi connectivity index (χ2n) is 6.44. The van der Waals surface area contributed by atoms with E-state index in [4.69, 9.17) is 16.3 Å². The number of carbonyl (C=O) groups is 2. The third kappa shape index (κ3) is 4.49. The van der Waals surface area contributed by atoms with Crippen LogP contribution in [0.5, 0.6) is 0 Å². The lowest BCUT2D eigenvalue weighted by molar-refractivity contribution is 0.0600. The van der Waals surface area contributed by atoms with Crippen LogP contribution in [0, 0.1) is 0 Å². The fraction of sp³-hybridized carbons (Fsp3) is 0.250. The molecule has 1 aromatic heterocycles. The molecule has 0 spiro atoms. The molecule has 0 N–H and O–H groups in total. The molecule has 8 heteroatoms. The molecule has 0 radical (unpaired) electrons. The molecule has 1 heterocycles. The maximum Gasteiger partial charge on any atom is 0.337 e. The lowest BCUT2D eigenvalue weighted by Gasteiger charge is -2.22. The smallest absolute Gasteiger partial charge is 0.337 e. The van der Waals surface area contributed by atoms with Crippen LogP contribution < -0.4 is 4.90 Å². The highest BCUT2D eigenvalue weighted by atomic mass is 35.5. The number of carbonyl (C=O) groups excluding carboxylic acids is 2. The number of aromatic nitrogens is 1. The van der Waals surface area contributed by atoms with Gasteiger partial charge in [-0.05, 0) is 56.6 Å². The lowest BCUT2D eigenvalue weighted by atomic mass is 10.1. The predicted octanol–water partition coefficient (Wildman–Crippen LogP) is 3.94. The number of halogens is 1. The quantitative estimate of drug-likeness (QED) is 0.568. The van der Waals surface area contributed by atoms with Gasteiger partial charge in [-0.15, -0.1) is 0 Å². The number of anilines is 1. The highest BCUT2D eigenvalue weighted by molar-refractivity contribution is 7.22. The summed E-state index contributed by atoms with van der Waals surface area (Å²) in [6, 6.07) is 11.9. The van der Waals surface area contributed by atoms with Crippen LogP contribution in [0.4, 0.5) is 5.13 Å². The van der Waals surface area contributed by atoms with Crippen molar-refractivity contribution in [2.75, 3.05) is 39.2 Å². The highest BCUT2D eigenvalue weighted by Gasteiger charge is 2.22. The molecular formula is C20H20ClN3O3S. The molecule has 0 aliphatic heterocycles. The number of likely N-dealkylation sites (N-methyl/N-ethyl adjacent to an activating group) is 1. The number of esters is 1. The second kappa shape index (κ2) is 8.68. The minimum Gasteiger partial charge on any atom is -0.465 e. The zero-order chi connectivity index (χ0) is 20.3. The zero-order valence-corrected chi connectivity index (χ0v) is 17.4. The van der Waals surface area contributed by atoms with Crippen LogP contribution in [0.15, 0.2) is 42.5 Å². The van der Waals surface area contributed by atoms with Gasteiger partial charge in [0.1, 0.15) is 0 Å². The van der Waals surface area contributed by atoms with Gasteiger partial charge in [0.05, 0.1) is 22.9 Å². The van der Waals surface area contributed by atoms with Crippen LogP contribution in [-0.2, 0) is 4.74 Å². The standard InChI is InChI=1S/C20H20ClN3O3S/c1-23(2)10-11-24(20-22-16-9-8-15(21)12-17(16)28-20)18(25)13-4-6-14(7-5-13)19(26)27-3/h4-9,12H,10-11H2,1-3H3. The first-order chi connectivity index (χ1) is 13.4. The second-order valence-corrected chi connectivity index (χ2v) is 7.88. The van der Waals surface area contributed by atoms with Crippen LogP contribution in [-0.4, -0.2) is 56.1 Å². The molecule has 0 bridgehead atoms. The van der Waals surface area contributed by atoms with Crippen molar-refractivity contribution in [1.29, 1.82) is 0 Å². The molecule has 3 rings (SSSR count). The number of amides is 1. The fourth-order valence-electron chi connectivity index (χ4n) is 2.61. The van der Waals surface area contributed by atoms with Gasteiger partial charge in [-0.3, -0.25) is 9.69 Å². The van der Waals surface area contributed by atoms with Gasteiger partial charge in [0.25, 0.3) is 5.91 Å². The average Bonchev–Trinajstić information content (AvgIpc) is 3.10. The molecule has 28 heavy (non-hydrogen) atoms. The van der Waals surface area contributed by atoms with Crippen molar-refractivity contribution >= 4 is 50.2 Å². The average molecular weight is 418 g/mol. The SMILES string of the molecule is COC(=O)c1ccc(C(=O)N(CCN(C)C)c2nc3ccc(Cl)cc3s2)cc1. The maximum atomic E-state index is 13.2. The number of thiazole rings is 1. The molecule has 3 aromatic rings. The molecule has 0 saturated heterocycles. The van der Waals surface area contributed by atoms with Gasteiger partial charge in [0.2, 0.25) is 0 Å². The lowest BCUT2D eigenvalue weighted by Crippen LogP contribution is -2.36. The Bertz CT molecular complexity index is 1000. The Labute approximate surface area is 172 Å². The van der Waals surface area contributed by atoms with Crippen molar-refractivity contribution in [2.24, 2.45) is 0 Å². The van der Waals surface area contributed by atoms with Crippen molar-refractivity contribution in [1.82, 2.24) is 9.88 Å². The van der Waals surface area contributed by atoms with E-state index in [0.29, 0.717) is 34.4 Å². The maximum absolute atomic E-state index is 13.2. The van der Waals surface area contributed by atoms with E-state index in [0.717, 1.165) is 10.2 Å². The van der Waals surface area contributed by atoms with Gasteiger partial charge >= 0.3 is 5.97 Å². The van der Waals surface area contributed by atoms with Gasteiger partial charge in [0, 0.05) is 23.7 Å². The van der Waals surface area contributed by atoms with E-state index < -0.39 is 5.97 Å². The summed E-state index contributed by atoms with van der Waals surface area (Å²) in [6.45, 7) is 1.17. The number of benzene rings is 2. The number of hydrogen-bond acceptors (Lipinski definition) is 6. The molecule has 1 amide bonds. The van der Waals surface area contributed by atoms with Crippen molar-refractivity contribution < 1.29 is 14.3 Å². The van der Waals surface area contributed by atoms with E-state index in [1.807, 2.05) is 31.1 Å². The number of rotatable bonds is 6. The first-order valence-corrected chi connectivity index (χ1v) is 9.79. The number of nitrogens with zero attached hydrogens (tertiary/aromatic N) is 3. The summed E-state index contributed by atoms with van der Waals surface area (Å²) in [4.78, 5) is 33.1. The van der Waals surface area contributed by atoms with Gasteiger partial charge in [0.15, 0.2) is 5.13 Å². The van der Waals surface area contributed by atoms with Crippen molar-refractivity contribution in [2.45, 2.75) is 0 Å². The summed E-state index contributed by atoms with van der Waals surface area (Å²) >= 11 is 7.50. The largest absolute Gasteiger partial charge is 0.465 e. The number of methoxy groups -OCH3 is 1. The van der Waals surface area contributed by atoms with Gasteiger partial charge < -0.3 is 9.64 Å². The molecule has 0 saturated carbocycles. The first kappa shape index (κ1) is 20.3. The van der Waals surface area contributed by atoms with Crippen LogP contribution in [0.2, 0.25) is 5.02 Å². The molecule has 0 fully saturated rings. The molecule has 2 aromatic carbocycles. The summed E-state index contributed by atoms with van der Waals surface area (Å²) in [5, 5.41) is 1.24. The molecule has 0 unspecified atom stereocenters. The molecule has 6 nitrogen and oxygen atoms in total. The Balaban J connectivity index is 1.93. The molecule has 0 aliphatic carbocycles. The van der Waals surface area contributed by atoms with E-state index in [2.05, 4.69) is 4.98 Å². The summed E-state index contributed by atoms with van der Waals surface area (Å²) in [6.07, 6.45) is 0. The highest BCUT2D eigenvalue weighted by Crippen LogP contribution is 2.31. The third-order valence-corrected chi connectivity index (χ3v) is 5.42. The Morgan fingerprint density at radius 2 is 1.75 bits per heavy atom. The topological polar surface area (TPSA) is 62.7 Å². The first-order valence-electron chi connectivity index (χ1n) is 8.60. The number of hydrogen-bond donors (Lipinski definition) is 0. The van der Waals surface area contributed by atoms with Crippen molar-refractivity contribution in [3.8, 4) is 0 Å². The molecular weight excluding hydrogens is 398 g/mol. The fourth-order valence-corrected chi connectivity index (χ4v) is 3.87. The molecule has 0 atom stereocenters. The van der Waals surface area contributed by atoms with E-state index in [1.165, 1.54) is 18.4 Å². The van der Waals surface area contributed by atoms with E-state index in [-0.39, 0.29) is 5.91 Å². The monoisotopic (exact) mass is 417 g/mol. The summed E-state index contributed by atoms with van der Waals surface area (Å²) < 4.78 is 5.63. The summed E-state index contributed by atoms with van der Waals surface area (Å²) in [7, 11) is 5.22. The Hall–Kier alpha value is -2.48. The van der Waals surface area contributed by atoms with Crippen LogP contribution in [0.25, 0.3) is 10.2 Å². The predicted molar refractivity (Wildman–Crippen MR) is 113 cm³/mol. The number of ether oxygens (including phenoxy) is 1. The summed E-state index contributed by atoms with van der Waals surface area (Å²) in [5.41, 5.74) is 1.67. The van der Waals surface area contributed by atoms with Crippen molar-refractivity contribution in [3.05, 3.63) is 58.6 Å². The van der Waals surface area contributed by atoms with E-state index in [1.54, 1.807) is 35.2 Å². The van der Waals surface area contributed by atoms with Crippen LogP contribution in [0.3, 0.4) is 0 Å². The normalized spacial score (nSPS) is 11.0. The third-order valence-electron chi connectivity index (χ3n) is 4.14. The minimum absolute atomic E-state index is 0.177. The van der Waals surface area contributed by atoms with Crippen LogP contribution in [0.1, 0.15) is 20.7 Å². The zero-order valence-electron chi connectivity index (χ0n) is 15.8.